The molecule has 5 aromatic rings. The van der Waals surface area contributed by atoms with E-state index in [2.05, 4.69) is 80.9 Å². The summed E-state index contributed by atoms with van der Waals surface area (Å²) in [5, 5.41) is 21.1. The van der Waals surface area contributed by atoms with Gasteiger partial charge in [0.2, 0.25) is 11.7 Å². The average molecular weight is 999 g/mol. The van der Waals surface area contributed by atoms with Gasteiger partial charge in [-0.2, -0.15) is 5.10 Å². The summed E-state index contributed by atoms with van der Waals surface area (Å²) in [6, 6.07) is 22.1. The van der Waals surface area contributed by atoms with Gasteiger partial charge in [0.05, 0.1) is 38.9 Å². The number of hydrogen-bond acceptors (Lipinski definition) is 14. The third-order valence-electron chi connectivity index (χ3n) is 11.9. The number of unbranched alkanes of at least 4 members (excludes halogenated alkanes) is 1. The normalized spacial score (nSPS) is 13.4. The Labute approximate surface area is 446 Å². The largest absolute Gasteiger partial charge is 1.00 e. The second-order valence-corrected chi connectivity index (χ2v) is 20.1. The molecule has 0 aliphatic heterocycles. The molecule has 0 heterocycles. The molecule has 2 amide bonds. The van der Waals surface area contributed by atoms with Crippen LogP contribution >= 0.6 is 0 Å². The van der Waals surface area contributed by atoms with Crippen LogP contribution in [-0.4, -0.2) is 67.5 Å². The number of fused-ring (bicyclic) bond motifs is 2. The second kappa shape index (κ2) is 23.1. The van der Waals surface area contributed by atoms with Gasteiger partial charge in [0, 0.05) is 29.8 Å². The quantitative estimate of drug-likeness (QED) is 0.0427. The van der Waals surface area contributed by atoms with E-state index in [0.29, 0.717) is 42.8 Å². The predicted molar refractivity (Wildman–Crippen MR) is 254 cm³/mol. The number of ketones is 1. The summed E-state index contributed by atoms with van der Waals surface area (Å²) in [5.41, 5.74) is 3.00. The Balaban J connectivity index is 0.00000518. The maximum absolute atomic E-state index is 13.7. The zero-order valence-electron chi connectivity index (χ0n) is 40.1. The standard InChI is InChI=1S/C49H54N4O12S2.2Na/c1-8-48(4,5)31-16-21-40(38(26-31)49(6,7)9-2)64-23-13-12-22-50-47(57)37-28-41(35-14-10-11-15-36(35)45(37)55)65-33-19-17-32(18-20-33)52-53-44-42(67(61,62)63)25-30-24-34(66(58,59)60)27-39(51-29(3)54)43(30)46(44)56;;/h10-11,14-21,24-28,52,55H,8-9,12-13,22-23H2,1-7H3,(H,50,57)(H,51,54)(H,58,59,60)(H,61,62,63);;/q;2*+1/p-2/b53-44-;;. The van der Waals surface area contributed by atoms with E-state index < -0.39 is 70.2 Å². The molecule has 6 rings (SSSR count). The minimum absolute atomic E-state index is 0. The van der Waals surface area contributed by atoms with Crippen LogP contribution in [0.5, 0.6) is 23.0 Å². The third kappa shape index (κ3) is 13.4. The van der Waals surface area contributed by atoms with Gasteiger partial charge in [0.1, 0.15) is 48.9 Å². The molecule has 16 nitrogen and oxygen atoms in total. The van der Waals surface area contributed by atoms with Crippen molar-refractivity contribution in [1.82, 2.24) is 5.32 Å². The summed E-state index contributed by atoms with van der Waals surface area (Å²) in [6.45, 7) is 15.1. The summed E-state index contributed by atoms with van der Waals surface area (Å²) >= 11 is 0. The molecule has 0 saturated heterocycles. The van der Waals surface area contributed by atoms with Crippen LogP contribution in [-0.2, 0) is 35.9 Å². The monoisotopic (exact) mass is 998 g/mol. The van der Waals surface area contributed by atoms with Crippen molar-refractivity contribution in [2.75, 3.05) is 23.9 Å². The summed E-state index contributed by atoms with van der Waals surface area (Å²) in [7, 11) is -10.6. The number of carbonyl (C=O) groups is 3. The minimum Gasteiger partial charge on any atom is -0.744 e. The molecule has 0 spiro atoms. The molecule has 5 aromatic carbocycles. The van der Waals surface area contributed by atoms with Gasteiger partial charge in [-0.05, 0) is 102 Å². The molecular formula is C49H52N4Na2O12S2. The van der Waals surface area contributed by atoms with Crippen LogP contribution in [0.1, 0.15) is 112 Å². The van der Waals surface area contributed by atoms with Crippen LogP contribution in [0.4, 0.5) is 11.4 Å². The summed E-state index contributed by atoms with van der Waals surface area (Å²) in [4.78, 5) is 37.1. The fourth-order valence-electron chi connectivity index (χ4n) is 7.31. The van der Waals surface area contributed by atoms with Crippen molar-refractivity contribution < 1.29 is 114 Å². The number of hydrogen-bond donors (Lipinski definition) is 4. The number of amides is 2. The molecule has 1 aliphatic rings. The molecular weight excluding hydrogens is 947 g/mol. The first-order valence-electron chi connectivity index (χ1n) is 21.5. The molecule has 69 heavy (non-hydrogen) atoms. The molecule has 0 bridgehead atoms. The molecule has 0 radical (unpaired) electrons. The molecule has 1 aliphatic carbocycles. The van der Waals surface area contributed by atoms with Gasteiger partial charge in [0.25, 0.3) is 5.91 Å². The van der Waals surface area contributed by atoms with Crippen LogP contribution < -0.4 is 84.6 Å². The van der Waals surface area contributed by atoms with E-state index in [-0.39, 0.29) is 98.4 Å². The Morgan fingerprint density at radius 1 is 0.797 bits per heavy atom. The number of anilines is 2. The maximum Gasteiger partial charge on any atom is 1.00 e. The van der Waals surface area contributed by atoms with Crippen molar-refractivity contribution in [1.29, 1.82) is 0 Å². The Bertz CT molecular complexity index is 3060. The number of hydrazone groups is 1. The zero-order valence-corrected chi connectivity index (χ0v) is 45.7. The van der Waals surface area contributed by atoms with Crippen molar-refractivity contribution in [3.63, 3.8) is 0 Å². The van der Waals surface area contributed by atoms with Crippen molar-refractivity contribution in [3.8, 4) is 23.0 Å². The first-order chi connectivity index (χ1) is 31.4. The Morgan fingerprint density at radius 2 is 1.45 bits per heavy atom. The molecule has 354 valence electrons. The summed E-state index contributed by atoms with van der Waals surface area (Å²) in [6.07, 6.45) is 3.93. The number of rotatable bonds is 18. The molecule has 4 N–H and O–H groups in total. The number of nitrogens with zero attached hydrogens (tertiary/aromatic N) is 1. The van der Waals surface area contributed by atoms with Crippen molar-refractivity contribution in [2.45, 2.75) is 89.9 Å². The first-order valence-corrected chi connectivity index (χ1v) is 24.3. The maximum atomic E-state index is 13.7. The van der Waals surface area contributed by atoms with Crippen molar-refractivity contribution in [2.24, 2.45) is 5.10 Å². The van der Waals surface area contributed by atoms with E-state index in [1.54, 1.807) is 24.3 Å². The molecule has 0 aromatic heterocycles. The first kappa shape index (κ1) is 57.0. The number of carbonyl (C=O) groups excluding carboxylic acids is 3. The van der Waals surface area contributed by atoms with Gasteiger partial charge in [-0.1, -0.05) is 77.9 Å². The van der Waals surface area contributed by atoms with Crippen LogP contribution in [0.15, 0.2) is 99.8 Å². The van der Waals surface area contributed by atoms with E-state index in [1.165, 1.54) is 41.5 Å². The van der Waals surface area contributed by atoms with Gasteiger partial charge in [-0.15, -0.1) is 0 Å². The molecule has 20 heteroatoms. The van der Waals surface area contributed by atoms with Crippen LogP contribution in [0.2, 0.25) is 0 Å². The number of aromatic hydroxyl groups is 1. The Kier molecular flexibility index (Phi) is 19.1. The predicted octanol–water partition coefficient (Wildman–Crippen LogP) is 2.72. The van der Waals surface area contributed by atoms with Gasteiger partial charge in [-0.3, -0.25) is 19.8 Å². The Morgan fingerprint density at radius 3 is 2.06 bits per heavy atom. The van der Waals surface area contributed by atoms with Gasteiger partial charge >= 0.3 is 59.1 Å². The van der Waals surface area contributed by atoms with Gasteiger partial charge < -0.3 is 34.3 Å². The number of ether oxygens (including phenoxy) is 2. The van der Waals surface area contributed by atoms with Crippen LogP contribution in [0.3, 0.4) is 0 Å². The average Bonchev–Trinajstić information content (AvgIpc) is 3.27. The minimum atomic E-state index is -5.41. The van der Waals surface area contributed by atoms with Crippen molar-refractivity contribution >= 4 is 71.8 Å². The molecule has 0 atom stereocenters. The van der Waals surface area contributed by atoms with E-state index in [4.69, 9.17) is 9.47 Å². The number of phenolic OH excluding ortho intramolecular Hbond substituents is 1. The fourth-order valence-corrected chi connectivity index (χ4v) is 8.49. The van der Waals surface area contributed by atoms with E-state index in [0.717, 1.165) is 37.6 Å². The molecule has 0 unspecified atom stereocenters. The fraction of sp³-hybridized carbons (Fsp3) is 0.306. The SMILES string of the molecule is CCC(C)(C)c1ccc(OCCCCNC(=O)c2cc(Oc3ccc(N/N=C4\C(=O)c5c(cc(S(=O)(=O)[O-])cc5NC(C)=O)C=C4S(=O)(=O)[O-])cc3)c3ccccc3c2O)c(C(C)(C)CC)c1.[Na+].[Na+]. The number of nitrogens with one attached hydrogen (secondary N) is 3. The van der Waals surface area contributed by atoms with E-state index >= 15 is 0 Å². The van der Waals surface area contributed by atoms with Crippen LogP contribution in [0, 0.1) is 0 Å². The smallest absolute Gasteiger partial charge is 0.744 e. The van der Waals surface area contributed by atoms with Crippen LogP contribution in [0.25, 0.3) is 16.8 Å². The Hall–Kier alpha value is -4.60. The summed E-state index contributed by atoms with van der Waals surface area (Å²) in [5.74, 6) is -1.27. The second-order valence-electron chi connectivity index (χ2n) is 17.4. The topological polar surface area (TPSA) is 253 Å². The number of Topliss-reactive ketones (excluding diaryl/α,β-unsaturated/α-hetero) is 1. The summed E-state index contributed by atoms with van der Waals surface area (Å²) < 4.78 is 84.9. The van der Waals surface area contributed by atoms with Crippen molar-refractivity contribution in [3.05, 3.63) is 118 Å². The number of phenols is 1. The van der Waals surface area contributed by atoms with Gasteiger partial charge in [0.15, 0.2) is 0 Å². The zero-order chi connectivity index (χ0) is 49.1. The third-order valence-corrected chi connectivity index (χ3v) is 13.6. The van der Waals surface area contributed by atoms with E-state index in [1.807, 2.05) is 0 Å². The number of allylic oxidation sites excluding steroid dienone is 1. The number of benzene rings is 5. The molecule has 0 saturated carbocycles. The molecule has 0 fully saturated rings. The van der Waals surface area contributed by atoms with E-state index in [9.17, 15) is 45.4 Å². The van der Waals surface area contributed by atoms with Gasteiger partial charge in [-0.25, -0.2) is 16.8 Å².